The van der Waals surface area contributed by atoms with Gasteiger partial charge in [-0.1, -0.05) is 25.1 Å². The Labute approximate surface area is 126 Å². The number of hydrogen-bond acceptors (Lipinski definition) is 3. The van der Waals surface area contributed by atoms with Gasteiger partial charge >= 0.3 is 6.18 Å². The highest BCUT2D eigenvalue weighted by molar-refractivity contribution is 7.09. The zero-order valence-electron chi connectivity index (χ0n) is 11.9. The van der Waals surface area contributed by atoms with Crippen molar-refractivity contribution in [3.8, 4) is 0 Å². The van der Waals surface area contributed by atoms with E-state index in [4.69, 9.17) is 0 Å². The molecule has 0 fully saturated rings. The Kier molecular flexibility index (Phi) is 5.00. The van der Waals surface area contributed by atoms with Crippen LogP contribution in [0.1, 0.15) is 41.7 Å². The van der Waals surface area contributed by atoms with E-state index in [9.17, 15) is 13.2 Å². The molecule has 1 aromatic heterocycles. The molecule has 0 radical (unpaired) electrons. The SMILES string of the molecule is CCNC(C)c1csc(Cc2cccc(C(F)(F)F)c2)n1. The summed E-state index contributed by atoms with van der Waals surface area (Å²) in [6, 6.07) is 5.57. The Bertz CT molecular complexity index is 593. The van der Waals surface area contributed by atoms with Gasteiger partial charge in [0.05, 0.1) is 16.3 Å². The van der Waals surface area contributed by atoms with Crippen molar-refractivity contribution in [3.05, 3.63) is 51.5 Å². The molecule has 21 heavy (non-hydrogen) atoms. The summed E-state index contributed by atoms with van der Waals surface area (Å²) < 4.78 is 38.0. The monoisotopic (exact) mass is 314 g/mol. The van der Waals surface area contributed by atoms with E-state index in [0.29, 0.717) is 12.0 Å². The molecule has 114 valence electrons. The maximum absolute atomic E-state index is 12.7. The third-order valence-corrected chi connectivity index (χ3v) is 4.00. The van der Waals surface area contributed by atoms with Crippen LogP contribution in [0.2, 0.25) is 0 Å². The van der Waals surface area contributed by atoms with E-state index >= 15 is 0 Å². The summed E-state index contributed by atoms with van der Waals surface area (Å²) in [5.74, 6) is 0. The fourth-order valence-corrected chi connectivity index (χ4v) is 2.97. The van der Waals surface area contributed by atoms with Crippen molar-refractivity contribution in [2.45, 2.75) is 32.5 Å². The molecule has 0 bridgehead atoms. The van der Waals surface area contributed by atoms with Crippen molar-refractivity contribution >= 4 is 11.3 Å². The number of nitrogens with one attached hydrogen (secondary N) is 1. The molecule has 6 heteroatoms. The molecule has 1 atom stereocenters. The standard InChI is InChI=1S/C15H17F3N2S/c1-3-19-10(2)13-9-21-14(20-13)8-11-5-4-6-12(7-11)15(16,17)18/h4-7,9-10,19H,3,8H2,1-2H3. The fourth-order valence-electron chi connectivity index (χ4n) is 2.05. The summed E-state index contributed by atoms with van der Waals surface area (Å²) in [6.45, 7) is 4.89. The summed E-state index contributed by atoms with van der Waals surface area (Å²) in [5.41, 5.74) is 0.948. The Hall–Kier alpha value is -1.40. The Balaban J connectivity index is 2.12. The van der Waals surface area contributed by atoms with E-state index < -0.39 is 11.7 Å². The van der Waals surface area contributed by atoms with Crippen molar-refractivity contribution in [3.63, 3.8) is 0 Å². The first-order chi connectivity index (χ1) is 9.90. The highest BCUT2D eigenvalue weighted by atomic mass is 32.1. The average Bonchev–Trinajstić information content (AvgIpc) is 2.87. The lowest BCUT2D eigenvalue weighted by molar-refractivity contribution is -0.137. The minimum atomic E-state index is -4.30. The molecule has 0 saturated heterocycles. The Morgan fingerprint density at radius 1 is 1.33 bits per heavy atom. The van der Waals surface area contributed by atoms with Gasteiger partial charge in [0.1, 0.15) is 0 Å². The van der Waals surface area contributed by atoms with Gasteiger partial charge in [-0.25, -0.2) is 4.98 Å². The van der Waals surface area contributed by atoms with Gasteiger partial charge in [0, 0.05) is 17.8 Å². The number of rotatable bonds is 5. The minimum absolute atomic E-state index is 0.154. The second-order valence-corrected chi connectivity index (χ2v) is 5.76. The largest absolute Gasteiger partial charge is 0.416 e. The van der Waals surface area contributed by atoms with Gasteiger partial charge < -0.3 is 5.32 Å². The number of aromatic nitrogens is 1. The second-order valence-electron chi connectivity index (χ2n) is 4.82. The molecule has 2 aromatic rings. The van der Waals surface area contributed by atoms with Gasteiger partial charge in [0.15, 0.2) is 0 Å². The summed E-state index contributed by atoms with van der Waals surface area (Å²) in [7, 11) is 0. The van der Waals surface area contributed by atoms with Crippen LogP contribution in [-0.2, 0) is 12.6 Å². The van der Waals surface area contributed by atoms with Gasteiger partial charge in [-0.05, 0) is 25.1 Å². The van der Waals surface area contributed by atoms with E-state index in [1.54, 1.807) is 6.07 Å². The molecule has 0 amide bonds. The van der Waals surface area contributed by atoms with E-state index in [1.807, 2.05) is 19.2 Å². The van der Waals surface area contributed by atoms with Crippen LogP contribution in [0, 0.1) is 0 Å². The number of hydrogen-bond donors (Lipinski definition) is 1. The molecule has 1 heterocycles. The molecular formula is C15H17F3N2S. The normalized spacial score (nSPS) is 13.4. The van der Waals surface area contributed by atoms with Crippen LogP contribution in [0.3, 0.4) is 0 Å². The number of benzene rings is 1. The van der Waals surface area contributed by atoms with Crippen LogP contribution < -0.4 is 5.32 Å². The van der Waals surface area contributed by atoms with Gasteiger partial charge in [0.25, 0.3) is 0 Å². The molecule has 0 saturated carbocycles. The van der Waals surface area contributed by atoms with E-state index in [-0.39, 0.29) is 6.04 Å². The van der Waals surface area contributed by atoms with Crippen LogP contribution in [0.15, 0.2) is 29.6 Å². The lowest BCUT2D eigenvalue weighted by atomic mass is 10.1. The molecule has 1 unspecified atom stereocenters. The number of nitrogens with zero attached hydrogens (tertiary/aromatic N) is 1. The summed E-state index contributed by atoms with van der Waals surface area (Å²) in [6.07, 6.45) is -3.88. The number of alkyl halides is 3. The molecule has 0 aliphatic heterocycles. The van der Waals surface area contributed by atoms with Crippen molar-refractivity contribution in [1.82, 2.24) is 10.3 Å². The smallest absolute Gasteiger partial charge is 0.309 e. The molecule has 0 spiro atoms. The van der Waals surface area contributed by atoms with E-state index in [2.05, 4.69) is 10.3 Å². The van der Waals surface area contributed by atoms with Crippen LogP contribution in [0.5, 0.6) is 0 Å². The molecule has 1 N–H and O–H groups in total. The molecule has 1 aromatic carbocycles. The lowest BCUT2D eigenvalue weighted by Gasteiger charge is -2.09. The van der Waals surface area contributed by atoms with Gasteiger partial charge in [0.2, 0.25) is 0 Å². The highest BCUT2D eigenvalue weighted by Crippen LogP contribution is 2.30. The van der Waals surface area contributed by atoms with Crippen molar-refractivity contribution in [2.75, 3.05) is 6.54 Å². The van der Waals surface area contributed by atoms with Crippen molar-refractivity contribution < 1.29 is 13.2 Å². The van der Waals surface area contributed by atoms with Crippen LogP contribution in [-0.4, -0.2) is 11.5 Å². The zero-order chi connectivity index (χ0) is 15.5. The predicted molar refractivity (Wildman–Crippen MR) is 78.5 cm³/mol. The maximum atomic E-state index is 12.7. The molecule has 0 aliphatic rings. The molecule has 0 aliphatic carbocycles. The van der Waals surface area contributed by atoms with Gasteiger partial charge in [-0.15, -0.1) is 11.3 Å². The third kappa shape index (κ3) is 4.28. The van der Waals surface area contributed by atoms with Crippen LogP contribution in [0.4, 0.5) is 13.2 Å². The average molecular weight is 314 g/mol. The highest BCUT2D eigenvalue weighted by Gasteiger charge is 2.30. The summed E-state index contributed by atoms with van der Waals surface area (Å²) >= 11 is 1.48. The van der Waals surface area contributed by atoms with E-state index in [0.717, 1.165) is 23.3 Å². The van der Waals surface area contributed by atoms with Crippen LogP contribution >= 0.6 is 11.3 Å². The van der Waals surface area contributed by atoms with Gasteiger partial charge in [-0.3, -0.25) is 0 Å². The minimum Gasteiger partial charge on any atom is -0.309 e. The second kappa shape index (κ2) is 6.58. The first-order valence-electron chi connectivity index (χ1n) is 6.74. The van der Waals surface area contributed by atoms with E-state index in [1.165, 1.54) is 23.5 Å². The molecular weight excluding hydrogens is 297 g/mol. The quantitative estimate of drug-likeness (QED) is 0.883. The topological polar surface area (TPSA) is 24.9 Å². The molecule has 2 rings (SSSR count). The lowest BCUT2D eigenvalue weighted by Crippen LogP contribution is -2.17. The maximum Gasteiger partial charge on any atom is 0.416 e. The summed E-state index contributed by atoms with van der Waals surface area (Å²) in [5, 5.41) is 6.05. The first kappa shape index (κ1) is 16.0. The molecule has 2 nitrogen and oxygen atoms in total. The Morgan fingerprint density at radius 3 is 2.76 bits per heavy atom. The van der Waals surface area contributed by atoms with Crippen molar-refractivity contribution in [1.29, 1.82) is 0 Å². The fraction of sp³-hybridized carbons (Fsp3) is 0.400. The van der Waals surface area contributed by atoms with Crippen molar-refractivity contribution in [2.24, 2.45) is 0 Å². The van der Waals surface area contributed by atoms with Crippen LogP contribution in [0.25, 0.3) is 0 Å². The first-order valence-corrected chi connectivity index (χ1v) is 7.62. The van der Waals surface area contributed by atoms with Gasteiger partial charge in [-0.2, -0.15) is 13.2 Å². The Morgan fingerprint density at radius 2 is 2.10 bits per heavy atom. The zero-order valence-corrected chi connectivity index (χ0v) is 12.7. The number of halogens is 3. The number of thiazole rings is 1. The predicted octanol–water partition coefficient (Wildman–Crippen LogP) is 4.42. The summed E-state index contributed by atoms with van der Waals surface area (Å²) in [4.78, 5) is 4.49. The third-order valence-electron chi connectivity index (χ3n) is 3.13.